The molecule has 1 fully saturated rings. The van der Waals surface area contributed by atoms with Crippen molar-refractivity contribution in [1.29, 1.82) is 0 Å². The summed E-state index contributed by atoms with van der Waals surface area (Å²) in [6, 6.07) is 6.05. The molecule has 19 heavy (non-hydrogen) atoms. The summed E-state index contributed by atoms with van der Waals surface area (Å²) in [6.45, 7) is 6.51. The van der Waals surface area contributed by atoms with Crippen molar-refractivity contribution in [2.24, 2.45) is 11.3 Å². The Labute approximate surface area is 124 Å². The maximum atomic E-state index is 12.5. The first-order valence-corrected chi connectivity index (χ1v) is 7.82. The van der Waals surface area contributed by atoms with E-state index in [-0.39, 0.29) is 17.2 Å². The molecule has 1 unspecified atom stereocenters. The highest BCUT2D eigenvalue weighted by molar-refractivity contribution is 9.10. The number of halogens is 1. The largest absolute Gasteiger partial charge is 0.326 e. The van der Waals surface area contributed by atoms with Gasteiger partial charge in [0.25, 0.3) is 0 Å². The number of benzene rings is 1. The fraction of sp³-hybridized carbons (Fsp3) is 0.562. The summed E-state index contributed by atoms with van der Waals surface area (Å²) < 4.78 is 1.06. The second-order valence-electron chi connectivity index (χ2n) is 6.08. The topological polar surface area (TPSA) is 29.1 Å². The molecule has 0 saturated heterocycles. The Morgan fingerprint density at radius 3 is 2.79 bits per heavy atom. The van der Waals surface area contributed by atoms with E-state index in [0.717, 1.165) is 35.8 Å². The van der Waals surface area contributed by atoms with E-state index in [2.05, 4.69) is 48.1 Å². The molecule has 1 N–H and O–H groups in total. The molecule has 1 aliphatic rings. The number of nitrogens with one attached hydrogen (secondary N) is 1. The van der Waals surface area contributed by atoms with E-state index >= 15 is 0 Å². The van der Waals surface area contributed by atoms with Crippen LogP contribution in [0.25, 0.3) is 0 Å². The van der Waals surface area contributed by atoms with E-state index in [9.17, 15) is 4.79 Å². The quantitative estimate of drug-likeness (QED) is 0.852. The zero-order chi connectivity index (χ0) is 14.0. The van der Waals surface area contributed by atoms with Crippen molar-refractivity contribution in [2.75, 3.05) is 5.32 Å². The number of hydrogen-bond donors (Lipinski definition) is 1. The molecule has 104 valence electrons. The Morgan fingerprint density at radius 1 is 1.47 bits per heavy atom. The summed E-state index contributed by atoms with van der Waals surface area (Å²) in [4.78, 5) is 12.5. The first-order chi connectivity index (χ1) is 8.94. The number of hydrogen-bond acceptors (Lipinski definition) is 1. The maximum absolute atomic E-state index is 12.5. The SMILES string of the molecule is CCc1cc(Br)ccc1NC(=O)C1CCCC1(C)C. The minimum Gasteiger partial charge on any atom is -0.326 e. The van der Waals surface area contributed by atoms with Crippen molar-refractivity contribution >= 4 is 27.5 Å². The van der Waals surface area contributed by atoms with Gasteiger partial charge in [-0.3, -0.25) is 4.79 Å². The lowest BCUT2D eigenvalue weighted by Crippen LogP contribution is -2.31. The zero-order valence-electron chi connectivity index (χ0n) is 11.9. The van der Waals surface area contributed by atoms with Crippen LogP contribution in [-0.4, -0.2) is 5.91 Å². The van der Waals surface area contributed by atoms with Crippen LogP contribution < -0.4 is 5.32 Å². The Morgan fingerprint density at radius 2 is 2.21 bits per heavy atom. The molecule has 0 spiro atoms. The highest BCUT2D eigenvalue weighted by Crippen LogP contribution is 2.43. The number of aryl methyl sites for hydroxylation is 1. The molecule has 2 nitrogen and oxygen atoms in total. The van der Waals surface area contributed by atoms with Gasteiger partial charge in [0.2, 0.25) is 5.91 Å². The molecular weight excluding hydrogens is 302 g/mol. The molecule has 2 rings (SSSR count). The fourth-order valence-corrected chi connectivity index (χ4v) is 3.42. The summed E-state index contributed by atoms with van der Waals surface area (Å²) in [5, 5.41) is 3.13. The van der Waals surface area contributed by atoms with E-state index in [1.165, 1.54) is 5.56 Å². The number of carbonyl (C=O) groups is 1. The maximum Gasteiger partial charge on any atom is 0.228 e. The summed E-state index contributed by atoms with van der Waals surface area (Å²) in [6.07, 6.45) is 4.23. The second kappa shape index (κ2) is 5.66. The number of carbonyl (C=O) groups excluding carboxylic acids is 1. The highest BCUT2D eigenvalue weighted by atomic mass is 79.9. The molecular formula is C16H22BrNO. The van der Waals surface area contributed by atoms with Gasteiger partial charge >= 0.3 is 0 Å². The van der Waals surface area contributed by atoms with E-state index < -0.39 is 0 Å². The van der Waals surface area contributed by atoms with Crippen LogP contribution in [0.1, 0.15) is 45.6 Å². The van der Waals surface area contributed by atoms with Gasteiger partial charge in [-0.25, -0.2) is 0 Å². The average molecular weight is 324 g/mol. The smallest absolute Gasteiger partial charge is 0.228 e. The molecule has 1 aromatic rings. The van der Waals surface area contributed by atoms with Gasteiger partial charge in [-0.05, 0) is 48.4 Å². The van der Waals surface area contributed by atoms with E-state index in [1.54, 1.807) is 0 Å². The molecule has 0 heterocycles. The third-order valence-electron chi connectivity index (χ3n) is 4.28. The molecule has 0 aliphatic heterocycles. The van der Waals surface area contributed by atoms with Crippen molar-refractivity contribution in [3.63, 3.8) is 0 Å². The van der Waals surface area contributed by atoms with Crippen LogP contribution in [0.2, 0.25) is 0 Å². The Balaban J connectivity index is 2.15. The standard InChI is InChI=1S/C16H22BrNO/c1-4-11-10-12(17)7-8-14(11)18-15(19)13-6-5-9-16(13,2)3/h7-8,10,13H,4-6,9H2,1-3H3,(H,18,19). The van der Waals surface area contributed by atoms with Crippen LogP contribution in [0.15, 0.2) is 22.7 Å². The molecule has 1 aromatic carbocycles. The highest BCUT2D eigenvalue weighted by Gasteiger charge is 2.39. The first kappa shape index (κ1) is 14.6. The first-order valence-electron chi connectivity index (χ1n) is 7.03. The monoisotopic (exact) mass is 323 g/mol. The molecule has 3 heteroatoms. The van der Waals surface area contributed by atoms with Gasteiger partial charge in [-0.2, -0.15) is 0 Å². The Bertz CT molecular complexity index is 482. The van der Waals surface area contributed by atoms with E-state index in [0.29, 0.717) is 0 Å². The van der Waals surface area contributed by atoms with Crippen molar-refractivity contribution in [3.05, 3.63) is 28.2 Å². The van der Waals surface area contributed by atoms with Gasteiger partial charge < -0.3 is 5.32 Å². The third kappa shape index (κ3) is 3.19. The lowest BCUT2D eigenvalue weighted by molar-refractivity contribution is -0.122. The van der Waals surface area contributed by atoms with Crippen LogP contribution in [0.4, 0.5) is 5.69 Å². The number of amides is 1. The van der Waals surface area contributed by atoms with Crippen molar-refractivity contribution in [1.82, 2.24) is 0 Å². The van der Waals surface area contributed by atoms with Crippen molar-refractivity contribution in [3.8, 4) is 0 Å². The van der Waals surface area contributed by atoms with Crippen LogP contribution in [0, 0.1) is 11.3 Å². The van der Waals surface area contributed by atoms with Gasteiger partial charge in [0.15, 0.2) is 0 Å². The third-order valence-corrected chi connectivity index (χ3v) is 4.77. The molecule has 1 saturated carbocycles. The van der Waals surface area contributed by atoms with Gasteiger partial charge in [0, 0.05) is 16.1 Å². The van der Waals surface area contributed by atoms with Crippen molar-refractivity contribution in [2.45, 2.75) is 46.5 Å². The molecule has 0 aromatic heterocycles. The molecule has 1 atom stereocenters. The lowest BCUT2D eigenvalue weighted by atomic mass is 9.81. The fourth-order valence-electron chi connectivity index (χ4n) is 3.01. The average Bonchev–Trinajstić information content (AvgIpc) is 2.71. The number of rotatable bonds is 3. The van der Waals surface area contributed by atoms with Gasteiger partial charge in [0.1, 0.15) is 0 Å². The summed E-state index contributed by atoms with van der Waals surface area (Å²) in [5.41, 5.74) is 2.27. The number of anilines is 1. The van der Waals surface area contributed by atoms with Gasteiger partial charge in [-0.1, -0.05) is 43.1 Å². The molecule has 0 radical (unpaired) electrons. The van der Waals surface area contributed by atoms with Crippen LogP contribution >= 0.6 is 15.9 Å². The Kier molecular flexibility index (Phi) is 4.34. The predicted molar refractivity (Wildman–Crippen MR) is 83.3 cm³/mol. The minimum atomic E-state index is 0.131. The van der Waals surface area contributed by atoms with Gasteiger partial charge in [-0.15, -0.1) is 0 Å². The summed E-state index contributed by atoms with van der Waals surface area (Å²) >= 11 is 3.47. The van der Waals surface area contributed by atoms with Crippen molar-refractivity contribution < 1.29 is 4.79 Å². The van der Waals surface area contributed by atoms with Crippen LogP contribution in [-0.2, 0) is 11.2 Å². The van der Waals surface area contributed by atoms with Crippen LogP contribution in [0.5, 0.6) is 0 Å². The second-order valence-corrected chi connectivity index (χ2v) is 6.99. The van der Waals surface area contributed by atoms with E-state index in [1.807, 2.05) is 12.1 Å². The normalized spacial score (nSPS) is 21.4. The summed E-state index contributed by atoms with van der Waals surface area (Å²) in [7, 11) is 0. The molecule has 1 aliphatic carbocycles. The Hall–Kier alpha value is -0.830. The zero-order valence-corrected chi connectivity index (χ0v) is 13.5. The minimum absolute atomic E-state index is 0.131. The molecule has 0 bridgehead atoms. The lowest BCUT2D eigenvalue weighted by Gasteiger charge is -2.26. The predicted octanol–water partition coefficient (Wildman–Crippen LogP) is 4.78. The summed E-state index contributed by atoms with van der Waals surface area (Å²) in [5.74, 6) is 0.320. The van der Waals surface area contributed by atoms with E-state index in [4.69, 9.17) is 0 Å². The molecule has 1 amide bonds. The van der Waals surface area contributed by atoms with Crippen LogP contribution in [0.3, 0.4) is 0 Å². The van der Waals surface area contributed by atoms with Gasteiger partial charge in [0.05, 0.1) is 0 Å².